The Kier molecular flexibility index (Phi) is 6.98. The quantitative estimate of drug-likeness (QED) is 0.184. The Morgan fingerprint density at radius 1 is 0.417 bits per heavy atom. The second-order valence-corrected chi connectivity index (χ2v) is 12.6. The molecule has 1 aliphatic carbocycles. The summed E-state index contributed by atoms with van der Waals surface area (Å²) in [6, 6.07) is 61.8. The van der Waals surface area contributed by atoms with Crippen molar-refractivity contribution in [2.75, 3.05) is 9.80 Å². The third-order valence-corrected chi connectivity index (χ3v) is 9.76. The lowest BCUT2D eigenvalue weighted by Gasteiger charge is -2.32. The highest BCUT2D eigenvalue weighted by molar-refractivity contribution is 5.91. The zero-order chi connectivity index (χ0) is 31.9. The molecule has 2 nitrogen and oxygen atoms in total. The summed E-state index contributed by atoms with van der Waals surface area (Å²) >= 11 is 0. The summed E-state index contributed by atoms with van der Waals surface area (Å²) in [5, 5.41) is 2.51. The highest BCUT2D eigenvalue weighted by atomic mass is 15.2. The number of hydrogen-bond acceptors (Lipinski definition) is 2. The number of nitrogens with zero attached hydrogens (tertiary/aromatic N) is 2. The average Bonchev–Trinajstić information content (AvgIpc) is 3.50. The van der Waals surface area contributed by atoms with Crippen molar-refractivity contribution < 1.29 is 0 Å². The largest absolute Gasteiger partial charge is 0.333 e. The SMILES string of the molecule is C1=CC2c3ccccc3N(c3ccc(N(c4ccccc4)c4ccc(-c5ccc6ccccc6c5)cc4)cc3-c3ccccc3)C2C=C1. The number of para-hydroxylation sites is 2. The lowest BCUT2D eigenvalue weighted by molar-refractivity contribution is 0.745. The van der Waals surface area contributed by atoms with E-state index in [-0.39, 0.29) is 6.04 Å². The van der Waals surface area contributed by atoms with Crippen LogP contribution in [0.1, 0.15) is 11.5 Å². The maximum Gasteiger partial charge on any atom is 0.0629 e. The molecule has 2 atom stereocenters. The number of allylic oxidation sites excluding steroid dienone is 2. The summed E-state index contributed by atoms with van der Waals surface area (Å²) in [5.41, 5.74) is 12.0. The van der Waals surface area contributed by atoms with Crippen molar-refractivity contribution in [3.8, 4) is 22.3 Å². The van der Waals surface area contributed by atoms with Crippen LogP contribution >= 0.6 is 0 Å². The van der Waals surface area contributed by atoms with E-state index in [1.165, 1.54) is 50.0 Å². The molecule has 7 aromatic rings. The minimum Gasteiger partial charge on any atom is -0.333 e. The Balaban J connectivity index is 1.17. The molecular formula is C46H34N2. The van der Waals surface area contributed by atoms with Gasteiger partial charge in [0.15, 0.2) is 0 Å². The van der Waals surface area contributed by atoms with Crippen molar-refractivity contribution >= 4 is 39.2 Å². The van der Waals surface area contributed by atoms with Gasteiger partial charge >= 0.3 is 0 Å². The van der Waals surface area contributed by atoms with Gasteiger partial charge in [0.25, 0.3) is 0 Å². The monoisotopic (exact) mass is 614 g/mol. The van der Waals surface area contributed by atoms with E-state index in [2.05, 4.69) is 204 Å². The number of benzene rings is 7. The van der Waals surface area contributed by atoms with Crippen LogP contribution in [0.15, 0.2) is 194 Å². The predicted octanol–water partition coefficient (Wildman–Crippen LogP) is 12.4. The highest BCUT2D eigenvalue weighted by Gasteiger charge is 2.38. The molecule has 7 aromatic carbocycles. The molecule has 0 bridgehead atoms. The first-order valence-electron chi connectivity index (χ1n) is 16.7. The minimum absolute atomic E-state index is 0.230. The van der Waals surface area contributed by atoms with Gasteiger partial charge in [0.05, 0.1) is 6.04 Å². The van der Waals surface area contributed by atoms with Crippen molar-refractivity contribution in [3.05, 3.63) is 200 Å². The van der Waals surface area contributed by atoms with E-state index < -0.39 is 0 Å². The molecule has 2 aliphatic rings. The predicted molar refractivity (Wildman–Crippen MR) is 203 cm³/mol. The van der Waals surface area contributed by atoms with Crippen LogP contribution in [0.5, 0.6) is 0 Å². The molecule has 0 amide bonds. The second-order valence-electron chi connectivity index (χ2n) is 12.6. The molecule has 0 saturated carbocycles. The first kappa shape index (κ1) is 28.1. The fourth-order valence-electron chi connectivity index (χ4n) is 7.49. The summed E-state index contributed by atoms with van der Waals surface area (Å²) in [5.74, 6) is 0.330. The Bertz CT molecular complexity index is 2300. The van der Waals surface area contributed by atoms with Crippen molar-refractivity contribution in [3.63, 3.8) is 0 Å². The van der Waals surface area contributed by atoms with Crippen LogP contribution in [0.25, 0.3) is 33.0 Å². The summed E-state index contributed by atoms with van der Waals surface area (Å²) in [4.78, 5) is 4.90. The number of rotatable bonds is 6. The van der Waals surface area contributed by atoms with Crippen LogP contribution in [0, 0.1) is 0 Å². The van der Waals surface area contributed by atoms with Gasteiger partial charge in [-0.25, -0.2) is 0 Å². The van der Waals surface area contributed by atoms with Crippen LogP contribution < -0.4 is 9.80 Å². The van der Waals surface area contributed by atoms with Crippen LogP contribution in [0.2, 0.25) is 0 Å². The van der Waals surface area contributed by atoms with E-state index in [9.17, 15) is 0 Å². The maximum atomic E-state index is 2.54. The molecule has 0 fully saturated rings. The third kappa shape index (κ3) is 4.90. The normalized spacial score (nSPS) is 16.1. The molecule has 1 aliphatic heterocycles. The summed E-state index contributed by atoms with van der Waals surface area (Å²) in [6.45, 7) is 0. The summed E-state index contributed by atoms with van der Waals surface area (Å²) < 4.78 is 0. The summed E-state index contributed by atoms with van der Waals surface area (Å²) in [7, 11) is 0. The van der Waals surface area contributed by atoms with Gasteiger partial charge in [-0.05, 0) is 87.6 Å². The van der Waals surface area contributed by atoms with Crippen LogP contribution in [0.4, 0.5) is 28.4 Å². The molecule has 2 unspecified atom stereocenters. The molecule has 9 rings (SSSR count). The number of anilines is 5. The van der Waals surface area contributed by atoms with E-state index in [0.717, 1.165) is 17.1 Å². The Morgan fingerprint density at radius 3 is 1.90 bits per heavy atom. The van der Waals surface area contributed by atoms with Crippen molar-refractivity contribution in [2.45, 2.75) is 12.0 Å². The molecule has 48 heavy (non-hydrogen) atoms. The Labute approximate surface area is 282 Å². The fourth-order valence-corrected chi connectivity index (χ4v) is 7.49. The molecular weight excluding hydrogens is 581 g/mol. The van der Waals surface area contributed by atoms with E-state index in [4.69, 9.17) is 0 Å². The first-order chi connectivity index (χ1) is 23.8. The minimum atomic E-state index is 0.230. The third-order valence-electron chi connectivity index (χ3n) is 9.76. The average molecular weight is 615 g/mol. The van der Waals surface area contributed by atoms with Gasteiger partial charge in [0.1, 0.15) is 0 Å². The first-order valence-corrected chi connectivity index (χ1v) is 16.7. The molecule has 0 N–H and O–H groups in total. The van der Waals surface area contributed by atoms with Crippen LogP contribution in [-0.2, 0) is 0 Å². The van der Waals surface area contributed by atoms with Gasteiger partial charge < -0.3 is 9.80 Å². The van der Waals surface area contributed by atoms with Crippen LogP contribution in [-0.4, -0.2) is 6.04 Å². The molecule has 228 valence electrons. The van der Waals surface area contributed by atoms with Gasteiger partial charge in [-0.2, -0.15) is 0 Å². The van der Waals surface area contributed by atoms with Gasteiger partial charge in [-0.15, -0.1) is 0 Å². The van der Waals surface area contributed by atoms with Crippen molar-refractivity contribution in [1.29, 1.82) is 0 Å². The number of fused-ring (bicyclic) bond motifs is 4. The Morgan fingerprint density at radius 2 is 1.06 bits per heavy atom. The van der Waals surface area contributed by atoms with Gasteiger partial charge in [-0.1, -0.05) is 140 Å². The van der Waals surface area contributed by atoms with Gasteiger partial charge in [0.2, 0.25) is 0 Å². The fraction of sp³-hybridized carbons (Fsp3) is 0.0435. The van der Waals surface area contributed by atoms with Crippen molar-refractivity contribution in [2.24, 2.45) is 0 Å². The smallest absolute Gasteiger partial charge is 0.0629 e. The van der Waals surface area contributed by atoms with Crippen molar-refractivity contribution in [1.82, 2.24) is 0 Å². The standard InChI is InChI=1S/C46H34N2/c1-3-14-35(15-4-1)43-32-40(29-30-46(43)48-44-21-11-9-19-41(44)42-20-10-12-22-45(42)48)47(38-17-5-2-6-18-38)39-27-25-34(26-28-39)37-24-23-33-13-7-8-16-36(33)31-37/h1-32,41,44H. The zero-order valence-corrected chi connectivity index (χ0v) is 26.5. The van der Waals surface area contributed by atoms with Gasteiger partial charge in [0, 0.05) is 39.9 Å². The number of hydrogen-bond donors (Lipinski definition) is 0. The highest BCUT2D eigenvalue weighted by Crippen LogP contribution is 2.51. The lowest BCUT2D eigenvalue weighted by Crippen LogP contribution is -2.29. The molecule has 0 saturated heterocycles. The maximum absolute atomic E-state index is 2.54. The van der Waals surface area contributed by atoms with Crippen LogP contribution in [0.3, 0.4) is 0 Å². The van der Waals surface area contributed by atoms with E-state index in [0.29, 0.717) is 5.92 Å². The molecule has 1 heterocycles. The molecule has 0 spiro atoms. The lowest BCUT2D eigenvalue weighted by atomic mass is 9.91. The van der Waals surface area contributed by atoms with E-state index in [1.54, 1.807) is 0 Å². The van der Waals surface area contributed by atoms with E-state index >= 15 is 0 Å². The molecule has 0 radical (unpaired) electrons. The Hall–Kier alpha value is -6.12. The molecule has 0 aromatic heterocycles. The second kappa shape index (κ2) is 11.9. The zero-order valence-electron chi connectivity index (χ0n) is 26.5. The topological polar surface area (TPSA) is 6.48 Å². The van der Waals surface area contributed by atoms with Gasteiger partial charge in [-0.3, -0.25) is 0 Å². The van der Waals surface area contributed by atoms with E-state index in [1.807, 2.05) is 0 Å². The summed E-state index contributed by atoms with van der Waals surface area (Å²) in [6.07, 6.45) is 9.07. The molecule has 2 heteroatoms.